The maximum Gasteiger partial charge on any atom is 0.278 e. The summed E-state index contributed by atoms with van der Waals surface area (Å²) in [6, 6.07) is 12.6. The molecule has 7 nitrogen and oxygen atoms in total. The van der Waals surface area contributed by atoms with E-state index in [2.05, 4.69) is 21.9 Å². The number of hydrogen-bond acceptors (Lipinski definition) is 4. The first-order chi connectivity index (χ1) is 14.5. The molecular weight excluding hydrogens is 400 g/mol. The molecule has 0 saturated carbocycles. The van der Waals surface area contributed by atoms with Crippen LogP contribution in [0.2, 0.25) is 0 Å². The molecule has 0 unspecified atom stereocenters. The van der Waals surface area contributed by atoms with Crippen molar-refractivity contribution in [3.63, 3.8) is 0 Å². The molecule has 30 heavy (non-hydrogen) atoms. The predicted molar refractivity (Wildman–Crippen MR) is 120 cm³/mol. The lowest BCUT2D eigenvalue weighted by Crippen LogP contribution is -2.24. The smallest absolute Gasteiger partial charge is 0.278 e. The maximum atomic E-state index is 13.1. The number of aromatic amines is 2. The first-order valence-electron chi connectivity index (χ1n) is 9.32. The van der Waals surface area contributed by atoms with Gasteiger partial charge in [-0.1, -0.05) is 18.2 Å². The Kier molecular flexibility index (Phi) is 5.24. The van der Waals surface area contributed by atoms with Gasteiger partial charge in [-0.05, 0) is 48.1 Å². The quantitative estimate of drug-likeness (QED) is 0.329. The Morgan fingerprint density at radius 1 is 1.20 bits per heavy atom. The van der Waals surface area contributed by atoms with Crippen molar-refractivity contribution in [2.24, 2.45) is 0 Å². The minimum absolute atomic E-state index is 0.175. The number of rotatable bonds is 6. The van der Waals surface area contributed by atoms with E-state index in [0.29, 0.717) is 33.7 Å². The molecule has 0 spiro atoms. The summed E-state index contributed by atoms with van der Waals surface area (Å²) in [5, 5.41) is 3.57. The Bertz CT molecular complexity index is 1380. The van der Waals surface area contributed by atoms with Gasteiger partial charge in [-0.15, -0.1) is 6.58 Å². The van der Waals surface area contributed by atoms with Crippen LogP contribution in [-0.4, -0.2) is 34.1 Å². The predicted octanol–water partition coefficient (Wildman–Crippen LogP) is 3.51. The number of amides is 1. The van der Waals surface area contributed by atoms with Gasteiger partial charge in [-0.2, -0.15) is 0 Å². The van der Waals surface area contributed by atoms with E-state index in [1.54, 1.807) is 25.3 Å². The van der Waals surface area contributed by atoms with Gasteiger partial charge in [0.25, 0.3) is 11.5 Å². The van der Waals surface area contributed by atoms with Crippen LogP contribution in [-0.2, 0) is 6.54 Å². The molecule has 4 aromatic rings. The number of carbonyl (C=O) groups excluding carboxylic acids is 1. The summed E-state index contributed by atoms with van der Waals surface area (Å²) in [4.78, 5) is 31.5. The first-order valence-corrected chi connectivity index (χ1v) is 9.73. The summed E-state index contributed by atoms with van der Waals surface area (Å²) >= 11 is 5.46. The summed E-state index contributed by atoms with van der Waals surface area (Å²) in [5.74, 6) is 0.523. The Balaban J connectivity index is 1.70. The summed E-state index contributed by atoms with van der Waals surface area (Å²) < 4.78 is 7.10. The van der Waals surface area contributed by atoms with Gasteiger partial charge in [-0.3, -0.25) is 14.2 Å². The van der Waals surface area contributed by atoms with E-state index in [0.717, 1.165) is 16.5 Å². The molecule has 2 aromatic carbocycles. The fourth-order valence-corrected chi connectivity index (χ4v) is 3.59. The van der Waals surface area contributed by atoms with Crippen LogP contribution in [0.4, 0.5) is 0 Å². The second-order valence-electron chi connectivity index (χ2n) is 6.80. The molecule has 0 aliphatic carbocycles. The molecule has 0 atom stereocenters. The second kappa shape index (κ2) is 8.00. The van der Waals surface area contributed by atoms with E-state index >= 15 is 0 Å². The first kappa shape index (κ1) is 19.7. The molecule has 8 heteroatoms. The highest BCUT2D eigenvalue weighted by atomic mass is 32.1. The monoisotopic (exact) mass is 420 g/mol. The number of methoxy groups -OCH3 is 1. The molecule has 0 saturated heterocycles. The number of aromatic nitrogens is 3. The molecule has 2 heterocycles. The summed E-state index contributed by atoms with van der Waals surface area (Å²) in [7, 11) is 1.60. The second-order valence-corrected chi connectivity index (χ2v) is 7.19. The van der Waals surface area contributed by atoms with Crippen molar-refractivity contribution < 1.29 is 9.53 Å². The third-order valence-corrected chi connectivity index (χ3v) is 5.23. The van der Waals surface area contributed by atoms with E-state index < -0.39 is 0 Å². The summed E-state index contributed by atoms with van der Waals surface area (Å²) in [6.07, 6.45) is 1.62. The van der Waals surface area contributed by atoms with Gasteiger partial charge in [0.15, 0.2) is 4.77 Å². The van der Waals surface area contributed by atoms with E-state index in [1.807, 2.05) is 30.3 Å². The average molecular weight is 420 g/mol. The van der Waals surface area contributed by atoms with E-state index in [4.69, 9.17) is 17.0 Å². The summed E-state index contributed by atoms with van der Waals surface area (Å²) in [5.41, 5.74) is 3.11. The van der Waals surface area contributed by atoms with E-state index in [9.17, 15) is 9.59 Å². The van der Waals surface area contributed by atoms with Crippen molar-refractivity contribution >= 4 is 40.1 Å². The number of H-pyrrole nitrogens is 2. The van der Waals surface area contributed by atoms with E-state index in [1.165, 1.54) is 4.57 Å². The zero-order chi connectivity index (χ0) is 21.3. The van der Waals surface area contributed by atoms with Gasteiger partial charge in [-0.25, -0.2) is 0 Å². The number of nitrogens with zero attached hydrogens (tertiary/aromatic N) is 1. The molecule has 2 aromatic heterocycles. The van der Waals surface area contributed by atoms with Crippen LogP contribution in [0.5, 0.6) is 5.75 Å². The highest BCUT2D eigenvalue weighted by Gasteiger charge is 2.13. The third kappa shape index (κ3) is 3.53. The lowest BCUT2D eigenvalue weighted by Gasteiger charge is -2.08. The molecule has 3 N–H and O–H groups in total. The Labute approximate surface area is 177 Å². The molecule has 0 radical (unpaired) electrons. The molecule has 152 valence electrons. The van der Waals surface area contributed by atoms with Crippen LogP contribution in [0.15, 0.2) is 59.9 Å². The average Bonchev–Trinajstić information content (AvgIpc) is 3.13. The maximum absolute atomic E-state index is 13.1. The number of carbonyl (C=O) groups is 1. The highest BCUT2D eigenvalue weighted by Crippen LogP contribution is 2.26. The van der Waals surface area contributed by atoms with Crippen LogP contribution >= 0.6 is 12.2 Å². The van der Waals surface area contributed by atoms with Crippen LogP contribution in [0.3, 0.4) is 0 Å². The highest BCUT2D eigenvalue weighted by molar-refractivity contribution is 7.71. The van der Waals surface area contributed by atoms with Gasteiger partial charge >= 0.3 is 0 Å². The minimum atomic E-state index is -0.211. The number of fused-ring (bicyclic) bond motifs is 3. The zero-order valence-corrected chi connectivity index (χ0v) is 17.1. The lowest BCUT2D eigenvalue weighted by molar-refractivity contribution is 0.0958. The molecule has 0 bridgehead atoms. The largest absolute Gasteiger partial charge is 0.497 e. The van der Waals surface area contributed by atoms with Crippen molar-refractivity contribution in [3.8, 4) is 5.75 Å². The number of ether oxygens (including phenoxy) is 1. The van der Waals surface area contributed by atoms with Gasteiger partial charge < -0.3 is 20.0 Å². The lowest BCUT2D eigenvalue weighted by atomic mass is 10.1. The van der Waals surface area contributed by atoms with Gasteiger partial charge in [0, 0.05) is 23.0 Å². The third-order valence-electron chi connectivity index (χ3n) is 4.91. The normalized spacial score (nSPS) is 11.0. The van der Waals surface area contributed by atoms with Crippen LogP contribution in [0.1, 0.15) is 15.9 Å². The van der Waals surface area contributed by atoms with Crippen molar-refractivity contribution in [2.75, 3.05) is 13.7 Å². The van der Waals surface area contributed by atoms with Crippen LogP contribution in [0.25, 0.3) is 21.9 Å². The molecule has 0 aliphatic heterocycles. The Morgan fingerprint density at radius 3 is 2.67 bits per heavy atom. The van der Waals surface area contributed by atoms with Crippen molar-refractivity contribution in [2.45, 2.75) is 6.54 Å². The fourth-order valence-electron chi connectivity index (χ4n) is 3.34. The number of nitrogens with one attached hydrogen (secondary N) is 3. The van der Waals surface area contributed by atoms with Crippen molar-refractivity contribution in [3.05, 3.63) is 81.4 Å². The van der Waals surface area contributed by atoms with Crippen molar-refractivity contribution in [1.29, 1.82) is 0 Å². The summed E-state index contributed by atoms with van der Waals surface area (Å²) in [6.45, 7) is 4.27. The van der Waals surface area contributed by atoms with Gasteiger partial charge in [0.2, 0.25) is 0 Å². The topological polar surface area (TPSA) is 91.9 Å². The molecular formula is C22H20N4O3S. The van der Waals surface area contributed by atoms with Gasteiger partial charge in [0.05, 0.1) is 19.2 Å². The Hall–Kier alpha value is -3.65. The SMILES string of the molecule is C=CCNC(=O)c1ccc(Cn2c(=S)[nH]c3c([nH]c4ccc(OC)cc43)c2=O)cc1. The Morgan fingerprint density at radius 2 is 1.97 bits per heavy atom. The molecule has 0 aliphatic rings. The number of benzene rings is 2. The molecule has 4 rings (SSSR count). The van der Waals surface area contributed by atoms with Crippen molar-refractivity contribution in [1.82, 2.24) is 19.9 Å². The van der Waals surface area contributed by atoms with Crippen LogP contribution < -0.4 is 15.6 Å². The van der Waals surface area contributed by atoms with Crippen LogP contribution in [0, 0.1) is 4.77 Å². The molecule has 1 amide bonds. The van der Waals surface area contributed by atoms with Gasteiger partial charge in [0.1, 0.15) is 11.3 Å². The fraction of sp³-hybridized carbons (Fsp3) is 0.136. The minimum Gasteiger partial charge on any atom is -0.497 e. The standard InChI is InChI=1S/C22H20N4O3S/c1-3-10-23-20(27)14-6-4-13(5-7-14)12-26-21(28)19-18(25-22(26)30)16-11-15(29-2)8-9-17(16)24-19/h3-9,11,24H,1,10,12H2,2H3,(H,23,27)(H,25,30). The zero-order valence-electron chi connectivity index (χ0n) is 16.3. The number of hydrogen-bond donors (Lipinski definition) is 3. The van der Waals surface area contributed by atoms with E-state index in [-0.39, 0.29) is 18.0 Å². The molecule has 0 fully saturated rings.